The second-order valence-corrected chi connectivity index (χ2v) is 8.90. The molecule has 1 aliphatic rings. The number of amides is 1. The number of rotatable bonds is 6. The third-order valence-electron chi connectivity index (χ3n) is 5.55. The van der Waals surface area contributed by atoms with E-state index in [2.05, 4.69) is 19.1 Å². The summed E-state index contributed by atoms with van der Waals surface area (Å²) in [6, 6.07) is 8.14. The lowest BCUT2D eigenvalue weighted by Crippen LogP contribution is -2.42. The first kappa shape index (κ1) is 23.0. The normalized spacial score (nSPS) is 18.4. The Balaban J connectivity index is 1.63. The number of phenolic OH excluding ortho intramolecular Hbond substituents is 1. The van der Waals surface area contributed by atoms with Gasteiger partial charge in [-0.15, -0.1) is 4.37 Å². The quantitative estimate of drug-likeness (QED) is 0.317. The Bertz CT molecular complexity index is 1200. The molecule has 1 amide bonds. The lowest BCUT2D eigenvalue weighted by Gasteiger charge is -2.30. The van der Waals surface area contributed by atoms with Gasteiger partial charge in [-0.05, 0) is 50.5 Å². The van der Waals surface area contributed by atoms with Crippen LogP contribution in [0.25, 0.3) is 0 Å². The van der Waals surface area contributed by atoms with E-state index in [4.69, 9.17) is 4.42 Å². The van der Waals surface area contributed by atoms with Crippen molar-refractivity contribution in [1.82, 2.24) is 13.6 Å². The smallest absolute Gasteiger partial charge is 0.257 e. The van der Waals surface area contributed by atoms with Gasteiger partial charge in [0.2, 0.25) is 11.3 Å². The van der Waals surface area contributed by atoms with Crippen molar-refractivity contribution in [2.75, 3.05) is 18.4 Å². The predicted octanol–water partition coefficient (Wildman–Crippen LogP) is 3.14. The SMILES string of the molecule is CC[C@@H](N=c1[nH][s+]([O-])nc1Nc1cccc(C(=O)N2CCCC(O)C2)c1O)c1ccc(C)o1. The molecule has 4 N–H and O–H groups in total. The summed E-state index contributed by atoms with van der Waals surface area (Å²) in [6.07, 6.45) is 1.44. The number of carbonyl (C=O) groups excluding carboxylic acids is 1. The van der Waals surface area contributed by atoms with Gasteiger partial charge in [-0.3, -0.25) is 4.79 Å². The minimum Gasteiger partial charge on any atom is -0.548 e. The Morgan fingerprint density at radius 3 is 2.97 bits per heavy atom. The van der Waals surface area contributed by atoms with Crippen molar-refractivity contribution in [1.29, 1.82) is 0 Å². The van der Waals surface area contributed by atoms with E-state index in [0.717, 1.165) is 5.76 Å². The van der Waals surface area contributed by atoms with Crippen molar-refractivity contribution >= 4 is 28.6 Å². The van der Waals surface area contributed by atoms with E-state index in [-0.39, 0.29) is 46.8 Å². The number of para-hydroxylation sites is 1. The zero-order valence-corrected chi connectivity index (χ0v) is 19.3. The number of H-pyrrole nitrogens is 1. The maximum Gasteiger partial charge on any atom is 0.257 e. The molecule has 1 saturated heterocycles. The number of furan rings is 1. The van der Waals surface area contributed by atoms with Crippen molar-refractivity contribution < 1.29 is 24.0 Å². The molecule has 11 heteroatoms. The van der Waals surface area contributed by atoms with Gasteiger partial charge in [0.05, 0.1) is 17.4 Å². The van der Waals surface area contributed by atoms with Crippen molar-refractivity contribution in [2.45, 2.75) is 45.3 Å². The van der Waals surface area contributed by atoms with E-state index in [1.54, 1.807) is 12.1 Å². The fourth-order valence-corrected chi connectivity index (χ4v) is 4.51. The van der Waals surface area contributed by atoms with Crippen LogP contribution >= 0.6 is 11.1 Å². The monoisotopic (exact) mass is 473 g/mol. The number of anilines is 2. The molecule has 0 aliphatic carbocycles. The molecule has 2 aromatic heterocycles. The number of nitrogens with one attached hydrogen (secondary N) is 2. The van der Waals surface area contributed by atoms with Gasteiger partial charge < -0.3 is 29.4 Å². The summed E-state index contributed by atoms with van der Waals surface area (Å²) >= 11 is -1.73. The largest absolute Gasteiger partial charge is 0.548 e. The van der Waals surface area contributed by atoms with Crippen LogP contribution in [0.3, 0.4) is 0 Å². The number of aromatic hydroxyl groups is 1. The Labute approximate surface area is 193 Å². The zero-order valence-electron chi connectivity index (χ0n) is 18.4. The second kappa shape index (κ2) is 9.77. The molecular weight excluding hydrogens is 446 g/mol. The molecule has 4 rings (SSSR count). The van der Waals surface area contributed by atoms with E-state index < -0.39 is 17.2 Å². The first-order valence-electron chi connectivity index (χ1n) is 10.8. The van der Waals surface area contributed by atoms with Crippen LogP contribution in [0, 0.1) is 6.92 Å². The maximum atomic E-state index is 12.9. The van der Waals surface area contributed by atoms with Crippen LogP contribution in [0.5, 0.6) is 5.75 Å². The number of β-amino-alcohol motifs (C(OH)–C–C–N with tert-alkyl or cyclic N) is 1. The molecule has 1 aliphatic heterocycles. The summed E-state index contributed by atoms with van der Waals surface area (Å²) in [5, 5.41) is 23.6. The van der Waals surface area contributed by atoms with Gasteiger partial charge in [-0.1, -0.05) is 13.0 Å². The molecule has 2 unspecified atom stereocenters. The number of hydrogen-bond acceptors (Lipinski definition) is 8. The van der Waals surface area contributed by atoms with E-state index in [1.807, 2.05) is 26.0 Å². The van der Waals surface area contributed by atoms with E-state index >= 15 is 0 Å². The third-order valence-corrected chi connectivity index (χ3v) is 6.26. The molecule has 10 nitrogen and oxygen atoms in total. The Kier molecular flexibility index (Phi) is 6.82. The number of piperidine rings is 1. The predicted molar refractivity (Wildman–Crippen MR) is 122 cm³/mol. The van der Waals surface area contributed by atoms with Crippen LogP contribution in [0.2, 0.25) is 0 Å². The number of aliphatic hydroxyl groups excluding tert-OH is 1. The first-order chi connectivity index (χ1) is 15.9. The number of benzene rings is 1. The standard InChI is InChI=1S/C22H27N5O5S/c1-3-16(18-10-9-13(2)32-18)23-20-21(26-33(31)25-20)24-17-8-4-7-15(19(17)29)22(30)27-11-5-6-14(28)12-27/h4,7-10,14,16,28-29H,3,5-6,11-12H2,1-2H3,(H,23,25)(H,24,26)/t14?,16-,33?/m1/s1. The average Bonchev–Trinajstić information content (AvgIpc) is 3.37. The molecule has 0 radical (unpaired) electrons. The number of aryl methyl sites for hydroxylation is 1. The fraction of sp³-hybridized carbons (Fsp3) is 0.409. The summed E-state index contributed by atoms with van der Waals surface area (Å²) in [6.45, 7) is 4.56. The molecule has 176 valence electrons. The summed E-state index contributed by atoms with van der Waals surface area (Å²) in [5.41, 5.74) is 0.606. The molecule has 33 heavy (non-hydrogen) atoms. The molecule has 1 fully saturated rings. The van der Waals surface area contributed by atoms with Gasteiger partial charge in [-0.25, -0.2) is 4.99 Å². The van der Waals surface area contributed by atoms with Crippen LogP contribution in [-0.4, -0.2) is 53.5 Å². The molecule has 0 bridgehead atoms. The van der Waals surface area contributed by atoms with Gasteiger partial charge >= 0.3 is 0 Å². The van der Waals surface area contributed by atoms with Crippen molar-refractivity contribution in [3.8, 4) is 5.75 Å². The topological polar surface area (TPSA) is 150 Å². The molecule has 1 aromatic carbocycles. The van der Waals surface area contributed by atoms with Crippen molar-refractivity contribution in [3.05, 3.63) is 52.9 Å². The highest BCUT2D eigenvalue weighted by molar-refractivity contribution is 7.13. The lowest BCUT2D eigenvalue weighted by atomic mass is 10.1. The first-order valence-corrected chi connectivity index (χ1v) is 11.9. The molecule has 3 atom stereocenters. The van der Waals surface area contributed by atoms with Gasteiger partial charge in [-0.2, -0.15) is 0 Å². The van der Waals surface area contributed by atoms with E-state index in [9.17, 15) is 19.6 Å². The third kappa shape index (κ3) is 5.10. The Morgan fingerprint density at radius 1 is 1.45 bits per heavy atom. The molecule has 3 heterocycles. The number of likely N-dealkylation sites (tertiary alicyclic amines) is 1. The fourth-order valence-electron chi connectivity index (χ4n) is 3.85. The number of carbonyl (C=O) groups is 1. The average molecular weight is 474 g/mol. The molecule has 0 saturated carbocycles. The zero-order chi connectivity index (χ0) is 23.5. The highest BCUT2D eigenvalue weighted by atomic mass is 32.2. The number of aromatic amines is 1. The van der Waals surface area contributed by atoms with Crippen LogP contribution in [-0.2, 0) is 0 Å². The minimum absolute atomic E-state index is 0.109. The highest BCUT2D eigenvalue weighted by Crippen LogP contribution is 2.31. The Morgan fingerprint density at radius 2 is 2.27 bits per heavy atom. The molecule has 0 spiro atoms. The minimum atomic E-state index is -1.73. The molecule has 3 aromatic rings. The summed E-state index contributed by atoms with van der Waals surface area (Å²) in [5.74, 6) is 1.02. The van der Waals surface area contributed by atoms with Crippen LogP contribution in [0.4, 0.5) is 11.5 Å². The van der Waals surface area contributed by atoms with Crippen LogP contribution < -0.4 is 10.8 Å². The summed E-state index contributed by atoms with van der Waals surface area (Å²) < 4.78 is 24.5. The number of aliphatic hydroxyl groups is 1. The van der Waals surface area contributed by atoms with Gasteiger partial charge in [0.1, 0.15) is 17.6 Å². The number of nitrogens with zero attached hydrogens (tertiary/aromatic N) is 3. The summed E-state index contributed by atoms with van der Waals surface area (Å²) in [4.78, 5) is 19.1. The maximum absolute atomic E-state index is 12.9. The van der Waals surface area contributed by atoms with Gasteiger partial charge in [0, 0.05) is 17.5 Å². The lowest BCUT2D eigenvalue weighted by molar-refractivity contribution is 0.0471. The number of hydrogen-bond donors (Lipinski definition) is 4. The summed E-state index contributed by atoms with van der Waals surface area (Å²) in [7, 11) is 0. The van der Waals surface area contributed by atoms with Crippen molar-refractivity contribution in [2.24, 2.45) is 4.99 Å². The van der Waals surface area contributed by atoms with Gasteiger partial charge in [0.25, 0.3) is 5.91 Å². The second-order valence-electron chi connectivity index (χ2n) is 8.02. The van der Waals surface area contributed by atoms with Crippen LogP contribution in [0.1, 0.15) is 54.1 Å². The van der Waals surface area contributed by atoms with Gasteiger partial charge in [0.15, 0.2) is 16.9 Å². The highest BCUT2D eigenvalue weighted by Gasteiger charge is 2.26. The number of aromatic nitrogens is 2. The van der Waals surface area contributed by atoms with Crippen LogP contribution in [0.15, 0.2) is 39.7 Å². The Hall–Kier alpha value is -3.15. The van der Waals surface area contributed by atoms with E-state index in [0.29, 0.717) is 31.6 Å². The van der Waals surface area contributed by atoms with E-state index in [1.165, 1.54) is 11.0 Å². The molecular formula is C22H27N5O5S. The van der Waals surface area contributed by atoms with Crippen molar-refractivity contribution in [3.63, 3.8) is 0 Å². The number of phenols is 1.